The van der Waals surface area contributed by atoms with Crippen LogP contribution in [0.4, 0.5) is 0 Å². The van der Waals surface area contributed by atoms with E-state index in [2.05, 4.69) is 204 Å². The van der Waals surface area contributed by atoms with Gasteiger partial charge in [0.25, 0.3) is 0 Å². The third-order valence-corrected chi connectivity index (χ3v) is 49.8. The van der Waals surface area contributed by atoms with E-state index in [1.807, 2.05) is 0 Å². The lowest BCUT2D eigenvalue weighted by Crippen LogP contribution is -2.50. The molecular formula is C69H110NP2Si4+. The van der Waals surface area contributed by atoms with E-state index < -0.39 is 47.8 Å². The van der Waals surface area contributed by atoms with E-state index in [0.29, 0.717) is 5.66 Å². The largest absolute Gasteiger partial charge is 0.154 e. The number of fused-ring (bicyclic) bond motifs is 1. The summed E-state index contributed by atoms with van der Waals surface area (Å²) < 4.78 is 0. The second kappa shape index (κ2) is 30.6. The summed E-state index contributed by atoms with van der Waals surface area (Å²) in [6.45, 7) is 29.5. The molecule has 0 radical (unpaired) electrons. The lowest BCUT2D eigenvalue weighted by Gasteiger charge is -2.38. The molecule has 7 heteroatoms. The monoisotopic (exact) mass is 1130 g/mol. The highest BCUT2D eigenvalue weighted by atomic mass is 31.2. The normalized spacial score (nSPS) is 13.8. The molecule has 76 heavy (non-hydrogen) atoms. The molecule has 0 unspecified atom stereocenters. The first kappa shape index (κ1) is 63.0. The van der Waals surface area contributed by atoms with Crippen molar-refractivity contribution in [1.29, 1.82) is 0 Å². The molecule has 0 heterocycles. The van der Waals surface area contributed by atoms with Crippen molar-refractivity contribution in [1.82, 2.24) is 4.86 Å². The zero-order valence-corrected chi connectivity index (χ0v) is 56.7. The van der Waals surface area contributed by atoms with Gasteiger partial charge in [0.15, 0.2) is 7.41 Å². The smallest absolute Gasteiger partial charge is 0.153 e. The summed E-state index contributed by atoms with van der Waals surface area (Å²) in [5.74, 6) is 0. The Hall–Kier alpha value is -2.21. The Morgan fingerprint density at radius 3 is 0.895 bits per heavy atom. The zero-order chi connectivity index (χ0) is 54.7. The molecule has 0 bridgehead atoms. The summed E-state index contributed by atoms with van der Waals surface area (Å²) in [6.07, 6.45) is 17.7. The van der Waals surface area contributed by atoms with Crippen LogP contribution in [-0.4, -0.2) is 38.0 Å². The van der Waals surface area contributed by atoms with Crippen molar-refractivity contribution < 1.29 is 0 Å². The van der Waals surface area contributed by atoms with Crippen LogP contribution in [-0.2, 0) is 12.8 Å². The Labute approximate surface area is 475 Å². The van der Waals surface area contributed by atoms with E-state index in [0.717, 1.165) is 12.8 Å². The second-order valence-corrected chi connectivity index (χ2v) is 48.6. The van der Waals surface area contributed by atoms with E-state index in [9.17, 15) is 0 Å². The number of hydrogen-bond acceptors (Lipinski definition) is 1. The molecule has 6 rings (SSSR count). The molecule has 1 aliphatic rings. The maximum absolute atomic E-state index is 5.16. The minimum absolute atomic E-state index is 0.452. The quantitative estimate of drug-likeness (QED) is 0.0315. The lowest BCUT2D eigenvalue weighted by molar-refractivity contribution is 0.909. The first-order chi connectivity index (χ1) is 37.0. The van der Waals surface area contributed by atoms with Crippen molar-refractivity contribution in [3.63, 3.8) is 0 Å². The number of benzene rings is 5. The van der Waals surface area contributed by atoms with Crippen LogP contribution in [0.15, 0.2) is 121 Å². The van der Waals surface area contributed by atoms with Gasteiger partial charge >= 0.3 is 0 Å². The van der Waals surface area contributed by atoms with Gasteiger partial charge in [0.2, 0.25) is 0 Å². The van der Waals surface area contributed by atoms with E-state index in [1.165, 1.54) is 150 Å². The fourth-order valence-corrected chi connectivity index (χ4v) is 46.2. The lowest BCUT2D eigenvalue weighted by atomic mass is 10.1. The van der Waals surface area contributed by atoms with E-state index in [1.54, 1.807) is 53.1 Å². The molecule has 1 nitrogen and oxygen atoms in total. The van der Waals surface area contributed by atoms with Crippen molar-refractivity contribution in [3.8, 4) is 0 Å². The van der Waals surface area contributed by atoms with E-state index in [4.69, 9.17) is 4.86 Å². The van der Waals surface area contributed by atoms with Crippen LogP contribution in [0, 0.1) is 0 Å². The average Bonchev–Trinajstić information content (AvgIpc) is 3.88. The predicted molar refractivity (Wildman–Crippen MR) is 362 cm³/mol. The summed E-state index contributed by atoms with van der Waals surface area (Å²) in [5.41, 5.74) is 3.60. The van der Waals surface area contributed by atoms with Crippen molar-refractivity contribution in [2.24, 2.45) is 0 Å². The van der Waals surface area contributed by atoms with Crippen LogP contribution in [0.25, 0.3) is 0 Å². The van der Waals surface area contributed by atoms with Crippen LogP contribution in [0.5, 0.6) is 0 Å². The molecule has 416 valence electrons. The summed E-state index contributed by atoms with van der Waals surface area (Å²) in [6, 6.07) is 69.3. The molecule has 0 aliphatic heterocycles. The highest BCUT2D eigenvalue weighted by Crippen LogP contribution is 2.65. The van der Waals surface area contributed by atoms with Gasteiger partial charge in [0, 0.05) is 12.8 Å². The Morgan fingerprint density at radius 1 is 0.342 bits per heavy atom. The van der Waals surface area contributed by atoms with Crippen LogP contribution < -0.4 is 46.8 Å². The first-order valence-electron chi connectivity index (χ1n) is 32.0. The molecule has 0 saturated carbocycles. The summed E-state index contributed by atoms with van der Waals surface area (Å²) in [4.78, 5) is 5.16. The molecule has 1 N–H and O–H groups in total. The van der Waals surface area contributed by atoms with Crippen LogP contribution in [0.2, 0.25) is 72.5 Å². The maximum atomic E-state index is 5.16. The van der Waals surface area contributed by atoms with Gasteiger partial charge in [0.05, 0.1) is 40.4 Å². The minimum Gasteiger partial charge on any atom is -0.154 e. The second-order valence-electron chi connectivity index (χ2n) is 24.3. The Balaban J connectivity index is 1.75. The van der Waals surface area contributed by atoms with Gasteiger partial charge in [-0.1, -0.05) is 350 Å². The molecule has 0 fully saturated rings. The molecule has 5 aromatic rings. The Morgan fingerprint density at radius 2 is 0.618 bits per heavy atom. The van der Waals surface area contributed by atoms with Crippen LogP contribution in [0.1, 0.15) is 171 Å². The number of rotatable bonds is 35. The SMILES string of the molecule is CCC[Si](CCC)(CCC)c1ccc([P+](NP(c2cccc([Si](CCC)(CCC)CCC)c2)c2cccc([Si](CCC)(CCC)CCC)c2)(c2ccc([Si](CCC)(CCC)CCC)cc2)C2Cc3ccccc3C2)cc1. The van der Waals surface area contributed by atoms with Crippen LogP contribution >= 0.6 is 15.5 Å². The van der Waals surface area contributed by atoms with Gasteiger partial charge in [-0.3, -0.25) is 0 Å². The maximum Gasteiger partial charge on any atom is 0.153 e. The van der Waals surface area contributed by atoms with Crippen molar-refractivity contribution >= 4 is 89.7 Å². The highest BCUT2D eigenvalue weighted by molar-refractivity contribution is 7.96. The zero-order valence-electron chi connectivity index (χ0n) is 50.9. The molecule has 0 spiro atoms. The minimum atomic E-state index is -2.41. The van der Waals surface area contributed by atoms with Gasteiger partial charge < -0.3 is 0 Å². The third-order valence-electron chi connectivity index (χ3n) is 18.8. The van der Waals surface area contributed by atoms with Crippen molar-refractivity contribution in [2.75, 3.05) is 0 Å². The van der Waals surface area contributed by atoms with Crippen molar-refractivity contribution in [3.05, 3.63) is 132 Å². The molecule has 1 aliphatic carbocycles. The topological polar surface area (TPSA) is 12.0 Å². The number of nitrogens with one attached hydrogen (secondary N) is 1. The Bertz CT molecular complexity index is 2240. The standard InChI is InChI=1S/C69H110NP2Si4/c1-13-43-73(44-14-2,45-15-3)66-39-35-63(36-40-66)72(65-55-59-29-25-26-30-60(59)56-65,64-37-41-67(42-38-64)74(46-16-4,47-17-5)48-18-6)70-71(61-31-27-33-68(57-61)75(49-19-7,50-20-8)51-21-9)62-32-28-34-69(58-62)76(52-22-10,53-23-11)54-24-12/h25-42,57-58,65,70H,13-24,43-56H2,1-12H3/q+1. The third kappa shape index (κ3) is 14.1. The van der Waals surface area contributed by atoms with E-state index in [-0.39, 0.29) is 0 Å². The first-order valence-corrected chi connectivity index (χ1v) is 45.6. The number of hydrogen-bond donors (Lipinski definition) is 1. The fourth-order valence-electron chi connectivity index (χ4n) is 16.0. The molecule has 0 atom stereocenters. The summed E-state index contributed by atoms with van der Waals surface area (Å²) in [7, 11) is -10.3. The van der Waals surface area contributed by atoms with Gasteiger partial charge in [-0.2, -0.15) is 4.86 Å². The molecule has 0 saturated heterocycles. The summed E-state index contributed by atoms with van der Waals surface area (Å²) in [5, 5.41) is 13.2. The fraction of sp³-hybridized carbons (Fsp3) is 0.565. The molecule has 0 amide bonds. The van der Waals surface area contributed by atoms with Crippen molar-refractivity contribution in [2.45, 2.75) is 251 Å². The summed E-state index contributed by atoms with van der Waals surface area (Å²) >= 11 is 0. The molecule has 0 aromatic heterocycles. The molecular weight excluding hydrogens is 1020 g/mol. The van der Waals surface area contributed by atoms with Gasteiger partial charge in [0.1, 0.15) is 16.3 Å². The highest BCUT2D eigenvalue weighted by Gasteiger charge is 2.55. The average molecular weight is 1130 g/mol. The molecule has 5 aromatic carbocycles. The van der Waals surface area contributed by atoms with Gasteiger partial charge in [-0.25, -0.2) is 0 Å². The Kier molecular flexibility index (Phi) is 25.3. The van der Waals surface area contributed by atoms with Gasteiger partial charge in [-0.05, 0) is 46.0 Å². The van der Waals surface area contributed by atoms with E-state index >= 15 is 0 Å². The predicted octanol–water partition coefficient (Wildman–Crippen LogP) is 17.9. The van der Waals surface area contributed by atoms with Gasteiger partial charge in [-0.15, -0.1) is 0 Å². The van der Waals surface area contributed by atoms with Crippen LogP contribution in [0.3, 0.4) is 0 Å².